The number of rotatable bonds is 7. The minimum Gasteiger partial charge on any atom is -0.324 e. The molecular weight excluding hydrogens is 406 g/mol. The third kappa shape index (κ3) is 4.64. The summed E-state index contributed by atoms with van der Waals surface area (Å²) in [4.78, 5) is 23.0. The second-order valence-corrected chi connectivity index (χ2v) is 8.32. The molecule has 0 saturated carbocycles. The Kier molecular flexibility index (Phi) is 6.12. The summed E-state index contributed by atoms with van der Waals surface area (Å²) >= 11 is 0. The van der Waals surface area contributed by atoms with E-state index in [-0.39, 0.29) is 16.3 Å². The predicted molar refractivity (Wildman–Crippen MR) is 114 cm³/mol. The number of nitrogens with zero attached hydrogens (tertiary/aromatic N) is 2. The molecule has 3 aromatic rings. The molecule has 0 aliphatic rings. The van der Waals surface area contributed by atoms with Crippen molar-refractivity contribution in [3.8, 4) is 0 Å². The molecule has 3 rings (SSSR count). The van der Waals surface area contributed by atoms with E-state index in [0.29, 0.717) is 5.69 Å². The van der Waals surface area contributed by atoms with Crippen LogP contribution in [-0.2, 0) is 14.8 Å². The van der Waals surface area contributed by atoms with Crippen molar-refractivity contribution in [2.75, 3.05) is 16.2 Å². The van der Waals surface area contributed by atoms with Gasteiger partial charge in [0.05, 0.1) is 15.5 Å². The predicted octanol–water partition coefficient (Wildman–Crippen LogP) is 3.74. The fourth-order valence-electron chi connectivity index (χ4n) is 2.81. The number of sulfonamides is 1. The number of hydrogen-bond donors (Lipinski definition) is 1. The lowest BCUT2D eigenvalue weighted by Gasteiger charge is -2.24. The second kappa shape index (κ2) is 8.75. The normalized spacial score (nSPS) is 11.0. The van der Waals surface area contributed by atoms with Crippen molar-refractivity contribution >= 4 is 33.0 Å². The number of non-ortho nitro benzene ring substituents is 1. The van der Waals surface area contributed by atoms with Crippen molar-refractivity contribution in [3.63, 3.8) is 0 Å². The fraction of sp³-hybridized carbons (Fsp3) is 0.0952. The van der Waals surface area contributed by atoms with Gasteiger partial charge in [-0.15, -0.1) is 0 Å². The van der Waals surface area contributed by atoms with E-state index >= 15 is 0 Å². The zero-order chi connectivity index (χ0) is 21.7. The molecule has 8 nitrogen and oxygen atoms in total. The van der Waals surface area contributed by atoms with E-state index in [2.05, 4.69) is 5.32 Å². The standard InChI is InChI=1S/C21H19N3O5S/c1-16-7-5-6-10-20(16)22-21(25)15-23(17-11-13-18(14-12-17)24(26)27)30(28,29)19-8-3-2-4-9-19/h2-14H,15H2,1H3,(H,22,25). The summed E-state index contributed by atoms with van der Waals surface area (Å²) in [5, 5.41) is 13.6. The minimum absolute atomic E-state index is 0.00652. The van der Waals surface area contributed by atoms with Crippen molar-refractivity contribution in [3.05, 3.63) is 94.5 Å². The molecule has 0 atom stereocenters. The highest BCUT2D eigenvalue weighted by molar-refractivity contribution is 7.92. The van der Waals surface area contributed by atoms with Gasteiger partial charge in [0.2, 0.25) is 5.91 Å². The van der Waals surface area contributed by atoms with Crippen molar-refractivity contribution in [1.29, 1.82) is 0 Å². The van der Waals surface area contributed by atoms with Crippen molar-refractivity contribution in [2.24, 2.45) is 0 Å². The van der Waals surface area contributed by atoms with Gasteiger partial charge in [-0.3, -0.25) is 19.2 Å². The maximum absolute atomic E-state index is 13.2. The summed E-state index contributed by atoms with van der Waals surface area (Å²) in [5.74, 6) is -0.540. The maximum Gasteiger partial charge on any atom is 0.269 e. The molecule has 0 bridgehead atoms. The van der Waals surface area contributed by atoms with Gasteiger partial charge in [0.25, 0.3) is 15.7 Å². The Bertz CT molecular complexity index is 1160. The summed E-state index contributed by atoms with van der Waals surface area (Å²) in [7, 11) is -4.08. The number of nitro groups is 1. The number of anilines is 2. The minimum atomic E-state index is -4.08. The largest absolute Gasteiger partial charge is 0.324 e. The number of benzene rings is 3. The Morgan fingerprint density at radius 3 is 2.17 bits per heavy atom. The highest BCUT2D eigenvalue weighted by atomic mass is 32.2. The Morgan fingerprint density at radius 2 is 1.57 bits per heavy atom. The van der Waals surface area contributed by atoms with Crippen LogP contribution in [0, 0.1) is 17.0 Å². The van der Waals surface area contributed by atoms with Crippen LogP contribution in [0.2, 0.25) is 0 Å². The number of para-hydroxylation sites is 1. The lowest BCUT2D eigenvalue weighted by Crippen LogP contribution is -2.38. The van der Waals surface area contributed by atoms with Crippen LogP contribution in [0.4, 0.5) is 17.1 Å². The number of carbonyl (C=O) groups is 1. The first-order valence-corrected chi connectivity index (χ1v) is 10.4. The molecule has 0 saturated heterocycles. The second-order valence-electron chi connectivity index (χ2n) is 6.46. The summed E-state index contributed by atoms with van der Waals surface area (Å²) in [6.07, 6.45) is 0. The first-order chi connectivity index (χ1) is 14.3. The van der Waals surface area contributed by atoms with Gasteiger partial charge in [-0.25, -0.2) is 8.42 Å². The van der Waals surface area contributed by atoms with Crippen LogP contribution in [-0.4, -0.2) is 25.8 Å². The molecular formula is C21H19N3O5S. The van der Waals surface area contributed by atoms with E-state index in [1.165, 1.54) is 36.4 Å². The van der Waals surface area contributed by atoms with Crippen LogP contribution in [0.25, 0.3) is 0 Å². The number of nitro benzene ring substituents is 1. The van der Waals surface area contributed by atoms with E-state index < -0.39 is 27.4 Å². The van der Waals surface area contributed by atoms with Gasteiger partial charge in [-0.05, 0) is 42.8 Å². The molecule has 9 heteroatoms. The van der Waals surface area contributed by atoms with Crippen LogP contribution in [0.3, 0.4) is 0 Å². The zero-order valence-electron chi connectivity index (χ0n) is 16.1. The van der Waals surface area contributed by atoms with Crippen LogP contribution in [0.15, 0.2) is 83.8 Å². The quantitative estimate of drug-likeness (QED) is 0.458. The Labute approximate surface area is 174 Å². The number of nitrogens with one attached hydrogen (secondary N) is 1. The van der Waals surface area contributed by atoms with Crippen LogP contribution < -0.4 is 9.62 Å². The van der Waals surface area contributed by atoms with Crippen molar-refractivity contribution in [1.82, 2.24) is 0 Å². The lowest BCUT2D eigenvalue weighted by molar-refractivity contribution is -0.384. The molecule has 0 aromatic heterocycles. The maximum atomic E-state index is 13.2. The first kappa shape index (κ1) is 21.0. The highest BCUT2D eigenvalue weighted by Gasteiger charge is 2.27. The van der Waals surface area contributed by atoms with E-state index in [4.69, 9.17) is 0 Å². The zero-order valence-corrected chi connectivity index (χ0v) is 16.9. The number of hydrogen-bond acceptors (Lipinski definition) is 5. The number of amides is 1. The first-order valence-electron chi connectivity index (χ1n) is 8.97. The van der Waals surface area contributed by atoms with Gasteiger partial charge in [0.1, 0.15) is 6.54 Å². The molecule has 1 amide bonds. The third-order valence-electron chi connectivity index (χ3n) is 4.39. The molecule has 0 radical (unpaired) electrons. The van der Waals surface area contributed by atoms with Gasteiger partial charge >= 0.3 is 0 Å². The fourth-order valence-corrected chi connectivity index (χ4v) is 4.25. The molecule has 0 fully saturated rings. The molecule has 0 spiro atoms. The monoisotopic (exact) mass is 425 g/mol. The SMILES string of the molecule is Cc1ccccc1NC(=O)CN(c1ccc([N+](=O)[O-])cc1)S(=O)(=O)c1ccccc1. The van der Waals surface area contributed by atoms with Crippen LogP contribution >= 0.6 is 0 Å². The van der Waals surface area contributed by atoms with Gasteiger partial charge < -0.3 is 5.32 Å². The Balaban J connectivity index is 1.96. The van der Waals surface area contributed by atoms with E-state index in [9.17, 15) is 23.3 Å². The van der Waals surface area contributed by atoms with Crippen molar-refractivity contribution in [2.45, 2.75) is 11.8 Å². The summed E-state index contributed by atoms with van der Waals surface area (Å²) in [5.41, 5.74) is 1.37. The molecule has 0 aliphatic heterocycles. The lowest BCUT2D eigenvalue weighted by atomic mass is 10.2. The van der Waals surface area contributed by atoms with Gasteiger partial charge in [0, 0.05) is 17.8 Å². The average Bonchev–Trinajstić information content (AvgIpc) is 2.74. The van der Waals surface area contributed by atoms with E-state index in [1.807, 2.05) is 19.1 Å². The number of aryl methyl sites for hydroxylation is 1. The van der Waals surface area contributed by atoms with Crippen LogP contribution in [0.1, 0.15) is 5.56 Å². The molecule has 154 valence electrons. The topological polar surface area (TPSA) is 110 Å². The Hall–Kier alpha value is -3.72. The third-order valence-corrected chi connectivity index (χ3v) is 6.17. The van der Waals surface area contributed by atoms with Gasteiger partial charge in [-0.1, -0.05) is 36.4 Å². The molecule has 0 heterocycles. The smallest absolute Gasteiger partial charge is 0.269 e. The summed E-state index contributed by atoms with van der Waals surface area (Å²) in [6, 6.07) is 19.8. The van der Waals surface area contributed by atoms with Crippen molar-refractivity contribution < 1.29 is 18.1 Å². The molecule has 3 aromatic carbocycles. The van der Waals surface area contributed by atoms with Crippen LogP contribution in [0.5, 0.6) is 0 Å². The molecule has 1 N–H and O–H groups in total. The molecule has 0 unspecified atom stereocenters. The van der Waals surface area contributed by atoms with E-state index in [0.717, 1.165) is 9.87 Å². The summed E-state index contributed by atoms with van der Waals surface area (Å²) in [6.45, 7) is 1.33. The van der Waals surface area contributed by atoms with E-state index in [1.54, 1.807) is 30.3 Å². The molecule has 0 aliphatic carbocycles. The average molecular weight is 425 g/mol. The summed E-state index contributed by atoms with van der Waals surface area (Å²) < 4.78 is 27.4. The highest BCUT2D eigenvalue weighted by Crippen LogP contribution is 2.26. The van der Waals surface area contributed by atoms with Gasteiger partial charge in [-0.2, -0.15) is 0 Å². The van der Waals surface area contributed by atoms with Gasteiger partial charge in [0.15, 0.2) is 0 Å². The number of carbonyl (C=O) groups excluding carboxylic acids is 1. The molecule has 30 heavy (non-hydrogen) atoms. The Morgan fingerprint density at radius 1 is 0.967 bits per heavy atom.